The first kappa shape index (κ1) is 24.6. The van der Waals surface area contributed by atoms with Gasteiger partial charge in [0, 0.05) is 13.0 Å². The molecule has 0 aromatic carbocycles. The SMILES string of the molecule is CCCCCCCCCCCC/C=C/CCC1=NC=C[N+]1(CCN)CC(=O)[O-]. The topological polar surface area (TPSA) is 78.5 Å². The van der Waals surface area contributed by atoms with Crippen molar-refractivity contribution in [1.82, 2.24) is 0 Å². The van der Waals surface area contributed by atoms with Gasteiger partial charge in [0.15, 0.2) is 0 Å². The maximum atomic E-state index is 11.1. The largest absolute Gasteiger partial charge is 0.544 e. The van der Waals surface area contributed by atoms with E-state index >= 15 is 0 Å². The van der Waals surface area contributed by atoms with E-state index in [9.17, 15) is 9.90 Å². The van der Waals surface area contributed by atoms with Crippen molar-refractivity contribution in [3.05, 3.63) is 24.6 Å². The molecule has 1 heterocycles. The first-order chi connectivity index (χ1) is 13.6. The molecule has 0 bridgehead atoms. The Kier molecular flexibility index (Phi) is 13.6. The molecule has 0 radical (unpaired) electrons. The number of aliphatic carboxylic acids is 1. The van der Waals surface area contributed by atoms with Gasteiger partial charge in [-0.3, -0.25) is 0 Å². The number of carboxylic acid groups (broad SMARTS) is 1. The molecule has 0 fully saturated rings. The molecule has 5 nitrogen and oxygen atoms in total. The normalized spacial score (nSPS) is 18.9. The van der Waals surface area contributed by atoms with Crippen LogP contribution in [0.4, 0.5) is 0 Å². The lowest BCUT2D eigenvalue weighted by Crippen LogP contribution is -2.54. The van der Waals surface area contributed by atoms with E-state index < -0.39 is 5.97 Å². The molecule has 1 aliphatic heterocycles. The predicted octanol–water partition coefficient (Wildman–Crippen LogP) is 4.04. The molecule has 1 aliphatic rings. The monoisotopic (exact) mass is 391 g/mol. The number of rotatable bonds is 18. The molecule has 0 saturated heterocycles. The fourth-order valence-electron chi connectivity index (χ4n) is 3.82. The van der Waals surface area contributed by atoms with Gasteiger partial charge in [-0.1, -0.05) is 76.9 Å². The number of amidine groups is 1. The highest BCUT2D eigenvalue weighted by Crippen LogP contribution is 2.20. The minimum atomic E-state index is -1.07. The maximum Gasteiger partial charge on any atom is 0.208 e. The van der Waals surface area contributed by atoms with Gasteiger partial charge in [0.25, 0.3) is 0 Å². The number of nitrogens with two attached hydrogens (primary N) is 1. The number of unbranched alkanes of at least 4 members (excludes halogenated alkanes) is 10. The fourth-order valence-corrected chi connectivity index (χ4v) is 3.82. The van der Waals surface area contributed by atoms with Crippen molar-refractivity contribution >= 4 is 11.8 Å². The highest BCUT2D eigenvalue weighted by atomic mass is 16.4. The van der Waals surface area contributed by atoms with Gasteiger partial charge in [0.05, 0.1) is 12.2 Å². The number of aliphatic imine (C=N–C) groups is 1. The lowest BCUT2D eigenvalue weighted by atomic mass is 10.1. The smallest absolute Gasteiger partial charge is 0.208 e. The molecule has 0 aliphatic carbocycles. The number of quaternary nitrogens is 1. The van der Waals surface area contributed by atoms with Gasteiger partial charge in [0.2, 0.25) is 5.84 Å². The van der Waals surface area contributed by atoms with Crippen LogP contribution >= 0.6 is 0 Å². The van der Waals surface area contributed by atoms with Crippen molar-refractivity contribution in [2.24, 2.45) is 10.7 Å². The van der Waals surface area contributed by atoms with Gasteiger partial charge in [-0.25, -0.2) is 9.48 Å². The minimum Gasteiger partial charge on any atom is -0.544 e. The average molecular weight is 392 g/mol. The van der Waals surface area contributed by atoms with Crippen molar-refractivity contribution in [2.75, 3.05) is 19.6 Å². The van der Waals surface area contributed by atoms with E-state index in [1.54, 1.807) is 6.20 Å². The lowest BCUT2D eigenvalue weighted by molar-refractivity contribution is -0.780. The van der Waals surface area contributed by atoms with Crippen LogP contribution in [-0.4, -0.2) is 35.9 Å². The zero-order valence-corrected chi connectivity index (χ0v) is 17.9. The first-order valence-corrected chi connectivity index (χ1v) is 11.3. The Balaban J connectivity index is 2.09. The van der Waals surface area contributed by atoms with E-state index in [-0.39, 0.29) is 11.0 Å². The molecule has 5 heteroatoms. The maximum absolute atomic E-state index is 11.1. The van der Waals surface area contributed by atoms with Gasteiger partial charge in [-0.05, 0) is 19.3 Å². The van der Waals surface area contributed by atoms with Crippen LogP contribution in [0.15, 0.2) is 29.5 Å². The van der Waals surface area contributed by atoms with E-state index in [4.69, 9.17) is 5.73 Å². The van der Waals surface area contributed by atoms with Crippen LogP contribution in [0.5, 0.6) is 0 Å². The number of carboxylic acids is 1. The first-order valence-electron chi connectivity index (χ1n) is 11.3. The van der Waals surface area contributed by atoms with Crippen LogP contribution in [0.3, 0.4) is 0 Å². The van der Waals surface area contributed by atoms with E-state index in [1.807, 2.05) is 6.20 Å². The Bertz CT molecular complexity index is 514. The summed E-state index contributed by atoms with van der Waals surface area (Å²) in [5, 5.41) is 11.1. The number of nitrogens with zero attached hydrogens (tertiary/aromatic N) is 2. The molecule has 160 valence electrons. The summed E-state index contributed by atoms with van der Waals surface area (Å²) < 4.78 is 0.213. The van der Waals surface area contributed by atoms with Crippen LogP contribution in [-0.2, 0) is 4.79 Å². The van der Waals surface area contributed by atoms with E-state index in [0.29, 0.717) is 13.1 Å². The summed E-state index contributed by atoms with van der Waals surface area (Å²) in [6, 6.07) is 0. The fraction of sp³-hybridized carbons (Fsp3) is 0.739. The van der Waals surface area contributed by atoms with Crippen LogP contribution in [0.25, 0.3) is 0 Å². The van der Waals surface area contributed by atoms with Crippen molar-refractivity contribution < 1.29 is 14.4 Å². The van der Waals surface area contributed by atoms with Gasteiger partial charge in [-0.15, -0.1) is 0 Å². The second kappa shape index (κ2) is 15.5. The molecule has 0 aromatic heterocycles. The molecular formula is C23H41N3O2. The van der Waals surface area contributed by atoms with Crippen molar-refractivity contribution in [3.63, 3.8) is 0 Å². The van der Waals surface area contributed by atoms with Crippen LogP contribution in [0.2, 0.25) is 0 Å². The Hall–Kier alpha value is -1.46. The average Bonchev–Trinajstić information content (AvgIpc) is 3.03. The minimum absolute atomic E-state index is 0.0884. The highest BCUT2D eigenvalue weighted by molar-refractivity contribution is 5.81. The molecule has 2 N–H and O–H groups in total. The molecular weight excluding hydrogens is 350 g/mol. The summed E-state index contributed by atoms with van der Waals surface area (Å²) in [5.41, 5.74) is 5.68. The summed E-state index contributed by atoms with van der Waals surface area (Å²) in [5.74, 6) is -0.192. The lowest BCUT2D eigenvalue weighted by Gasteiger charge is -2.32. The van der Waals surface area contributed by atoms with E-state index in [0.717, 1.165) is 25.1 Å². The Labute approximate surface area is 172 Å². The van der Waals surface area contributed by atoms with Gasteiger partial charge in [-0.2, -0.15) is 0 Å². The van der Waals surface area contributed by atoms with E-state index in [2.05, 4.69) is 24.1 Å². The molecule has 0 saturated carbocycles. The summed E-state index contributed by atoms with van der Waals surface area (Å²) in [4.78, 5) is 15.5. The summed E-state index contributed by atoms with van der Waals surface area (Å²) in [7, 11) is 0. The van der Waals surface area contributed by atoms with Crippen LogP contribution < -0.4 is 10.8 Å². The quantitative estimate of drug-likeness (QED) is 0.217. The molecule has 1 atom stereocenters. The highest BCUT2D eigenvalue weighted by Gasteiger charge is 2.34. The zero-order chi connectivity index (χ0) is 20.5. The Morgan fingerprint density at radius 1 is 1.04 bits per heavy atom. The molecule has 0 aromatic rings. The number of carbonyl (C=O) groups is 1. The van der Waals surface area contributed by atoms with Crippen molar-refractivity contribution in [1.29, 1.82) is 0 Å². The third kappa shape index (κ3) is 10.2. The third-order valence-corrected chi connectivity index (χ3v) is 5.45. The van der Waals surface area contributed by atoms with Crippen molar-refractivity contribution in [2.45, 2.75) is 90.4 Å². The summed E-state index contributed by atoms with van der Waals surface area (Å²) in [6.45, 7) is 3.14. The van der Waals surface area contributed by atoms with Gasteiger partial charge >= 0.3 is 0 Å². The standard InChI is InChI=1S/C23H41N3O2/c1-2-3-4-5-6-7-8-9-10-11-12-13-14-15-16-22-25-18-20-26(22,19-17-24)21-23(27)28/h13-14,18,20H,2-12,15-17,19,21,24H2,1H3/b14-13+. The molecule has 0 amide bonds. The molecule has 1 unspecified atom stereocenters. The Morgan fingerprint density at radius 2 is 1.64 bits per heavy atom. The zero-order valence-electron chi connectivity index (χ0n) is 17.9. The number of allylic oxidation sites excluding steroid dienone is 2. The van der Waals surface area contributed by atoms with Crippen LogP contribution in [0, 0.1) is 0 Å². The van der Waals surface area contributed by atoms with Gasteiger partial charge in [0.1, 0.15) is 19.3 Å². The molecule has 1 rings (SSSR count). The number of hydrogen-bond acceptors (Lipinski definition) is 4. The summed E-state index contributed by atoms with van der Waals surface area (Å²) in [6.07, 6.45) is 24.4. The molecule has 0 spiro atoms. The number of hydrogen-bond donors (Lipinski definition) is 1. The molecule has 28 heavy (non-hydrogen) atoms. The third-order valence-electron chi connectivity index (χ3n) is 5.45. The van der Waals surface area contributed by atoms with Crippen LogP contribution in [0.1, 0.15) is 90.4 Å². The van der Waals surface area contributed by atoms with Crippen molar-refractivity contribution in [3.8, 4) is 0 Å². The van der Waals surface area contributed by atoms with Gasteiger partial charge < -0.3 is 15.6 Å². The van der Waals surface area contributed by atoms with E-state index in [1.165, 1.54) is 64.2 Å². The predicted molar refractivity (Wildman–Crippen MR) is 115 cm³/mol. The summed E-state index contributed by atoms with van der Waals surface area (Å²) >= 11 is 0. The Morgan fingerprint density at radius 3 is 2.25 bits per heavy atom. The second-order valence-corrected chi connectivity index (χ2v) is 7.90. The second-order valence-electron chi connectivity index (χ2n) is 7.90. The number of carbonyl (C=O) groups excluding carboxylic acids is 1.